The van der Waals surface area contributed by atoms with E-state index in [1.54, 1.807) is 0 Å². The molecule has 0 aromatic carbocycles. The standard InChI is InChI=1S/C30H56O4/c1-4-7-9-10-11-12-13-14-15-16-17-18-19-20-21-22-24-28(27(6-3)23-8-5-2)34-30(33)26-25-29(31)32/h25-28H,4-24H2,1-3H3,(H,31,32)/b26-25-. The van der Waals surface area contributed by atoms with E-state index in [1.807, 2.05) is 0 Å². The van der Waals surface area contributed by atoms with Gasteiger partial charge >= 0.3 is 11.9 Å². The van der Waals surface area contributed by atoms with E-state index in [2.05, 4.69) is 20.8 Å². The second kappa shape index (κ2) is 24.8. The summed E-state index contributed by atoms with van der Waals surface area (Å²) in [6, 6.07) is 0. The smallest absolute Gasteiger partial charge is 0.331 e. The molecule has 0 rings (SSSR count). The van der Waals surface area contributed by atoms with E-state index in [9.17, 15) is 9.59 Å². The molecule has 2 atom stereocenters. The highest BCUT2D eigenvalue weighted by atomic mass is 16.5. The van der Waals surface area contributed by atoms with E-state index in [0.717, 1.165) is 50.7 Å². The van der Waals surface area contributed by atoms with Gasteiger partial charge in [0.1, 0.15) is 6.10 Å². The van der Waals surface area contributed by atoms with Crippen molar-refractivity contribution in [3.05, 3.63) is 12.2 Å². The van der Waals surface area contributed by atoms with Crippen LogP contribution in [0.1, 0.15) is 156 Å². The van der Waals surface area contributed by atoms with Crippen LogP contribution in [0.15, 0.2) is 12.2 Å². The summed E-state index contributed by atoms with van der Waals surface area (Å²) in [7, 11) is 0. The summed E-state index contributed by atoms with van der Waals surface area (Å²) in [5.74, 6) is -1.29. The van der Waals surface area contributed by atoms with Crippen molar-refractivity contribution in [2.75, 3.05) is 0 Å². The van der Waals surface area contributed by atoms with Crippen LogP contribution in [-0.4, -0.2) is 23.1 Å². The summed E-state index contributed by atoms with van der Waals surface area (Å²) in [6.07, 6.45) is 28.5. The molecule has 4 nitrogen and oxygen atoms in total. The first-order chi connectivity index (χ1) is 16.5. The number of hydrogen-bond donors (Lipinski definition) is 1. The second-order valence-electron chi connectivity index (χ2n) is 10.0. The quantitative estimate of drug-likeness (QED) is 0.0802. The van der Waals surface area contributed by atoms with Gasteiger partial charge in [-0.05, 0) is 31.6 Å². The lowest BCUT2D eigenvalue weighted by Crippen LogP contribution is -2.26. The average Bonchev–Trinajstić information content (AvgIpc) is 2.82. The van der Waals surface area contributed by atoms with Gasteiger partial charge in [0, 0.05) is 12.2 Å². The van der Waals surface area contributed by atoms with E-state index >= 15 is 0 Å². The molecule has 200 valence electrons. The van der Waals surface area contributed by atoms with Crippen LogP contribution in [-0.2, 0) is 14.3 Å². The minimum atomic E-state index is -1.12. The number of hydrogen-bond acceptors (Lipinski definition) is 3. The molecule has 2 unspecified atom stereocenters. The highest BCUT2D eigenvalue weighted by molar-refractivity contribution is 5.90. The number of ether oxygens (including phenoxy) is 1. The number of carbonyl (C=O) groups excluding carboxylic acids is 1. The monoisotopic (exact) mass is 480 g/mol. The average molecular weight is 481 g/mol. The van der Waals surface area contributed by atoms with Gasteiger partial charge in [-0.15, -0.1) is 0 Å². The molecule has 0 spiro atoms. The van der Waals surface area contributed by atoms with Crippen molar-refractivity contribution in [3.8, 4) is 0 Å². The summed E-state index contributed by atoms with van der Waals surface area (Å²) >= 11 is 0. The highest BCUT2D eigenvalue weighted by Gasteiger charge is 2.22. The van der Waals surface area contributed by atoms with Crippen LogP contribution in [0.4, 0.5) is 0 Å². The van der Waals surface area contributed by atoms with E-state index in [-0.39, 0.29) is 6.10 Å². The molecule has 0 saturated carbocycles. The second-order valence-corrected chi connectivity index (χ2v) is 10.0. The largest absolute Gasteiger partial charge is 0.478 e. The number of unbranched alkanes of at least 4 members (excludes halogenated alkanes) is 16. The van der Waals surface area contributed by atoms with Gasteiger partial charge in [0.05, 0.1) is 0 Å². The molecule has 0 aromatic rings. The summed E-state index contributed by atoms with van der Waals surface area (Å²) in [6.45, 7) is 6.61. The van der Waals surface area contributed by atoms with E-state index in [1.165, 1.54) is 96.3 Å². The van der Waals surface area contributed by atoms with Crippen LogP contribution in [0.3, 0.4) is 0 Å². The minimum absolute atomic E-state index is 0.103. The zero-order valence-corrected chi connectivity index (χ0v) is 22.8. The van der Waals surface area contributed by atoms with Crippen molar-refractivity contribution in [1.29, 1.82) is 0 Å². The lowest BCUT2D eigenvalue weighted by molar-refractivity contribution is -0.147. The zero-order chi connectivity index (χ0) is 25.3. The Kier molecular flexibility index (Phi) is 23.8. The predicted molar refractivity (Wildman–Crippen MR) is 144 cm³/mol. The molecule has 0 saturated heterocycles. The molecule has 0 amide bonds. The number of aliphatic carboxylic acids is 1. The van der Waals surface area contributed by atoms with Gasteiger partial charge in [-0.1, -0.05) is 130 Å². The van der Waals surface area contributed by atoms with Crippen molar-refractivity contribution in [1.82, 2.24) is 0 Å². The van der Waals surface area contributed by atoms with E-state index < -0.39 is 11.9 Å². The first kappa shape index (κ1) is 32.7. The van der Waals surface area contributed by atoms with Gasteiger partial charge in [0.25, 0.3) is 0 Å². The molecule has 1 N–H and O–H groups in total. The van der Waals surface area contributed by atoms with Crippen molar-refractivity contribution in [2.24, 2.45) is 5.92 Å². The SMILES string of the molecule is CCCCCCCCCCCCCCCCCCC(OC(=O)/C=C\C(=O)O)C(CC)CCCC. The number of carboxylic acids is 1. The van der Waals surface area contributed by atoms with Crippen molar-refractivity contribution in [3.63, 3.8) is 0 Å². The van der Waals surface area contributed by atoms with Crippen LogP contribution in [0.5, 0.6) is 0 Å². The lowest BCUT2D eigenvalue weighted by atomic mass is 9.90. The third-order valence-corrected chi connectivity index (χ3v) is 6.95. The maximum Gasteiger partial charge on any atom is 0.331 e. The zero-order valence-electron chi connectivity index (χ0n) is 22.8. The normalized spacial score (nSPS) is 13.3. The fourth-order valence-corrected chi connectivity index (χ4v) is 4.73. The minimum Gasteiger partial charge on any atom is -0.478 e. The Morgan fingerprint density at radius 3 is 1.47 bits per heavy atom. The highest BCUT2D eigenvalue weighted by Crippen LogP contribution is 2.25. The Morgan fingerprint density at radius 2 is 1.06 bits per heavy atom. The Labute approximate surface area is 211 Å². The van der Waals surface area contributed by atoms with Gasteiger partial charge in [0.2, 0.25) is 0 Å². The van der Waals surface area contributed by atoms with Gasteiger partial charge < -0.3 is 9.84 Å². The first-order valence-electron chi connectivity index (χ1n) is 14.7. The number of rotatable bonds is 25. The first-order valence-corrected chi connectivity index (χ1v) is 14.7. The topological polar surface area (TPSA) is 63.6 Å². The van der Waals surface area contributed by atoms with E-state index in [4.69, 9.17) is 9.84 Å². The van der Waals surface area contributed by atoms with Crippen LogP contribution in [0.25, 0.3) is 0 Å². The third kappa shape index (κ3) is 21.2. The molecular weight excluding hydrogens is 424 g/mol. The van der Waals surface area contributed by atoms with Crippen molar-refractivity contribution < 1.29 is 19.4 Å². The summed E-state index contributed by atoms with van der Waals surface area (Å²) < 4.78 is 5.69. The fraction of sp³-hybridized carbons (Fsp3) is 0.867. The summed E-state index contributed by atoms with van der Waals surface area (Å²) in [5, 5.41) is 8.73. The number of carboxylic acid groups (broad SMARTS) is 1. The van der Waals surface area contributed by atoms with Crippen LogP contribution < -0.4 is 0 Å². The van der Waals surface area contributed by atoms with Crippen LogP contribution >= 0.6 is 0 Å². The van der Waals surface area contributed by atoms with Crippen LogP contribution in [0.2, 0.25) is 0 Å². The maximum atomic E-state index is 12.1. The Morgan fingerprint density at radius 1 is 0.618 bits per heavy atom. The van der Waals surface area contributed by atoms with Gasteiger partial charge in [0.15, 0.2) is 0 Å². The van der Waals surface area contributed by atoms with E-state index in [0.29, 0.717) is 5.92 Å². The van der Waals surface area contributed by atoms with Gasteiger partial charge in [-0.3, -0.25) is 0 Å². The van der Waals surface area contributed by atoms with Crippen molar-refractivity contribution in [2.45, 2.75) is 162 Å². The molecule has 0 aliphatic carbocycles. The number of carbonyl (C=O) groups is 2. The molecule has 0 aromatic heterocycles. The van der Waals surface area contributed by atoms with Crippen molar-refractivity contribution >= 4 is 11.9 Å². The lowest BCUT2D eigenvalue weighted by Gasteiger charge is -2.26. The fourth-order valence-electron chi connectivity index (χ4n) is 4.73. The molecule has 0 heterocycles. The summed E-state index contributed by atoms with van der Waals surface area (Å²) in [4.78, 5) is 22.7. The molecule has 4 heteroatoms. The maximum absolute atomic E-state index is 12.1. The Balaban J connectivity index is 3.92. The van der Waals surface area contributed by atoms with Gasteiger partial charge in [-0.2, -0.15) is 0 Å². The summed E-state index contributed by atoms with van der Waals surface area (Å²) in [5.41, 5.74) is 0. The van der Waals surface area contributed by atoms with Crippen LogP contribution in [0, 0.1) is 5.92 Å². The molecule has 34 heavy (non-hydrogen) atoms. The number of esters is 1. The Bertz CT molecular complexity index is 500. The molecular formula is C30H56O4. The van der Waals surface area contributed by atoms with Gasteiger partial charge in [-0.25, -0.2) is 9.59 Å². The third-order valence-electron chi connectivity index (χ3n) is 6.95. The predicted octanol–water partition coefficient (Wildman–Crippen LogP) is 9.41. The molecule has 0 aliphatic heterocycles. The molecule has 0 radical (unpaired) electrons. The Hall–Kier alpha value is -1.32. The molecule has 0 aliphatic rings. The molecule has 0 fully saturated rings. The molecule has 0 bridgehead atoms.